The lowest BCUT2D eigenvalue weighted by atomic mass is 10.1. The van der Waals surface area contributed by atoms with E-state index in [4.69, 9.17) is 37.9 Å². The molecule has 0 aliphatic carbocycles. The third-order valence-corrected chi connectivity index (χ3v) is 10.6. The van der Waals surface area contributed by atoms with Crippen LogP contribution in [0.1, 0.15) is 160 Å². The molecule has 2 rings (SSSR count). The molecule has 13 heteroatoms. The van der Waals surface area contributed by atoms with Crippen LogP contribution in [0.2, 0.25) is 0 Å². The van der Waals surface area contributed by atoms with E-state index in [0.717, 1.165) is 77.0 Å². The molecule has 0 unspecified atom stereocenters. The molecule has 0 bridgehead atoms. The van der Waals surface area contributed by atoms with Crippen molar-refractivity contribution in [3.63, 3.8) is 0 Å². The van der Waals surface area contributed by atoms with E-state index in [1.165, 1.54) is 0 Å². The van der Waals surface area contributed by atoms with Gasteiger partial charge < -0.3 is 43.2 Å². The number of carbonyl (C=O) groups excluding carboxylic acids is 2. The van der Waals surface area contributed by atoms with E-state index in [2.05, 4.69) is 46.9 Å². The van der Waals surface area contributed by atoms with Gasteiger partial charge in [0.05, 0.1) is 37.4 Å². The van der Waals surface area contributed by atoms with Crippen LogP contribution in [-0.2, 0) is 37.9 Å². The number of likely N-dealkylation sites (tertiary alicyclic amines) is 2. The SMILES string of the molecule is CCCCOC[C@@H]1[C@@H](OCCCC)[C@H](OCCCC)[C@@H](CNC[C@@H]2[C@@H](OCCCC)[C@H](OCCCC)[C@@H](COCCCC)N2C(=O)OC(C)(C)C)N1C(=O)OC(C)(C)C. The summed E-state index contributed by atoms with van der Waals surface area (Å²) in [6, 6.07) is -1.75. The van der Waals surface area contributed by atoms with Crippen LogP contribution < -0.4 is 5.32 Å². The highest BCUT2D eigenvalue weighted by Gasteiger charge is 2.56. The molecule has 0 radical (unpaired) electrons. The van der Waals surface area contributed by atoms with Crippen LogP contribution in [0.5, 0.6) is 0 Å². The van der Waals surface area contributed by atoms with Gasteiger partial charge in [-0.25, -0.2) is 9.59 Å². The standard InChI is InChI=1S/C46H89N3O10/c1-13-19-25-52-33-37-41(56-29-23-17-5)39(54-27-21-15-3)35(48(37)43(50)58-45(7,8)9)31-47-32-36-40(55-28-22-16-4)42(57-30-24-18-6)38(34-53-26-20-14-2)49(36)44(51)59-46(10,11)12/h35-42,47H,13-34H2,1-12H3/t35-,36-,37-,38-,39-,40-,41-,42-/m1/s1. The first-order chi connectivity index (χ1) is 28.2. The molecule has 8 atom stereocenters. The second-order valence-corrected chi connectivity index (χ2v) is 18.3. The van der Waals surface area contributed by atoms with Gasteiger partial charge in [-0.1, -0.05) is 80.1 Å². The quantitative estimate of drug-likeness (QED) is 0.0697. The molecule has 2 saturated heterocycles. The Bertz CT molecular complexity index is 1030. The fourth-order valence-corrected chi connectivity index (χ4v) is 7.51. The number of rotatable bonds is 30. The molecule has 348 valence electrons. The van der Waals surface area contributed by atoms with Gasteiger partial charge in [0.2, 0.25) is 0 Å². The van der Waals surface area contributed by atoms with Gasteiger partial charge in [0.15, 0.2) is 0 Å². The van der Waals surface area contributed by atoms with E-state index in [9.17, 15) is 9.59 Å². The smallest absolute Gasteiger partial charge is 0.411 e. The van der Waals surface area contributed by atoms with Crippen molar-refractivity contribution in [1.82, 2.24) is 15.1 Å². The van der Waals surface area contributed by atoms with Crippen LogP contribution >= 0.6 is 0 Å². The second kappa shape index (κ2) is 28.8. The topological polar surface area (TPSA) is 126 Å². The van der Waals surface area contributed by atoms with Crippen LogP contribution in [0.3, 0.4) is 0 Å². The van der Waals surface area contributed by atoms with Crippen LogP contribution in [-0.4, -0.2) is 148 Å². The lowest BCUT2D eigenvalue weighted by Gasteiger charge is -2.35. The minimum absolute atomic E-state index is 0.305. The highest BCUT2D eigenvalue weighted by molar-refractivity contribution is 5.70. The third kappa shape index (κ3) is 18.6. The molecule has 2 fully saturated rings. The van der Waals surface area contributed by atoms with Crippen molar-refractivity contribution in [2.45, 2.75) is 220 Å². The number of unbranched alkanes of at least 4 members (excludes halogenated alkanes) is 6. The lowest BCUT2D eigenvalue weighted by Crippen LogP contribution is -2.54. The van der Waals surface area contributed by atoms with Crippen molar-refractivity contribution in [2.75, 3.05) is 65.9 Å². The van der Waals surface area contributed by atoms with E-state index >= 15 is 0 Å². The van der Waals surface area contributed by atoms with E-state index in [1.807, 2.05) is 51.3 Å². The molecule has 0 saturated carbocycles. The second-order valence-electron chi connectivity index (χ2n) is 18.3. The van der Waals surface area contributed by atoms with Crippen molar-refractivity contribution in [3.05, 3.63) is 0 Å². The van der Waals surface area contributed by atoms with Crippen LogP contribution in [0, 0.1) is 0 Å². The van der Waals surface area contributed by atoms with Gasteiger partial charge in [-0.3, -0.25) is 9.80 Å². The number of hydrogen-bond donors (Lipinski definition) is 1. The van der Waals surface area contributed by atoms with Crippen molar-refractivity contribution < 1.29 is 47.5 Å². The normalized spacial score (nSPS) is 24.9. The van der Waals surface area contributed by atoms with Crippen LogP contribution in [0.4, 0.5) is 9.59 Å². The molecule has 0 spiro atoms. The molecule has 59 heavy (non-hydrogen) atoms. The lowest BCUT2D eigenvalue weighted by molar-refractivity contribution is -0.0766. The average molecular weight is 844 g/mol. The summed E-state index contributed by atoms with van der Waals surface area (Å²) in [5, 5.41) is 3.72. The Labute approximate surface area is 359 Å². The Morgan fingerprint density at radius 2 is 0.712 bits per heavy atom. The first kappa shape index (κ1) is 53.4. The Kier molecular flexibility index (Phi) is 26.0. The van der Waals surface area contributed by atoms with Crippen molar-refractivity contribution in [2.24, 2.45) is 0 Å². The van der Waals surface area contributed by atoms with Crippen LogP contribution in [0.25, 0.3) is 0 Å². The fourth-order valence-electron chi connectivity index (χ4n) is 7.51. The number of amides is 2. The fraction of sp³-hybridized carbons (Fsp3) is 0.957. The minimum atomic E-state index is -0.718. The summed E-state index contributed by atoms with van der Waals surface area (Å²) in [7, 11) is 0. The summed E-state index contributed by atoms with van der Waals surface area (Å²) in [4.78, 5) is 32.3. The zero-order valence-corrected chi connectivity index (χ0v) is 39.7. The molecule has 2 amide bonds. The van der Waals surface area contributed by atoms with Gasteiger partial charge in [-0.15, -0.1) is 0 Å². The van der Waals surface area contributed by atoms with Gasteiger partial charge in [-0.05, 0) is 80.1 Å². The molecule has 0 aromatic rings. The Hall–Kier alpha value is -1.74. The average Bonchev–Trinajstić information content (AvgIpc) is 3.61. The molecule has 0 aromatic carbocycles. The maximum Gasteiger partial charge on any atom is 0.411 e. The predicted molar refractivity (Wildman–Crippen MR) is 234 cm³/mol. The molecule has 2 aliphatic rings. The van der Waals surface area contributed by atoms with Gasteiger partial charge in [0.1, 0.15) is 35.6 Å². The summed E-state index contributed by atoms with van der Waals surface area (Å²) in [5.41, 5.74) is -1.44. The Balaban J connectivity index is 2.64. The zero-order valence-electron chi connectivity index (χ0n) is 39.7. The summed E-state index contributed by atoms with van der Waals surface area (Å²) in [6.45, 7) is 28.8. The third-order valence-electron chi connectivity index (χ3n) is 10.6. The van der Waals surface area contributed by atoms with Gasteiger partial charge >= 0.3 is 12.2 Å². The molecule has 2 heterocycles. The molecule has 1 N–H and O–H groups in total. The van der Waals surface area contributed by atoms with Gasteiger partial charge in [0.25, 0.3) is 0 Å². The highest BCUT2D eigenvalue weighted by Crippen LogP contribution is 2.35. The van der Waals surface area contributed by atoms with Gasteiger partial charge in [0, 0.05) is 52.7 Å². The number of hydrogen-bond acceptors (Lipinski definition) is 11. The van der Waals surface area contributed by atoms with E-state index < -0.39 is 72.0 Å². The first-order valence-electron chi connectivity index (χ1n) is 23.5. The predicted octanol–water partition coefficient (Wildman–Crippen LogP) is 8.93. The Morgan fingerprint density at radius 1 is 0.441 bits per heavy atom. The van der Waals surface area contributed by atoms with Crippen molar-refractivity contribution in [3.8, 4) is 0 Å². The highest BCUT2D eigenvalue weighted by atomic mass is 16.6. The first-order valence-corrected chi connectivity index (χ1v) is 23.5. The molecular weight excluding hydrogens is 755 g/mol. The molecule has 2 aliphatic heterocycles. The summed E-state index contributed by atoms with van der Waals surface area (Å²) >= 11 is 0. The van der Waals surface area contributed by atoms with E-state index in [-0.39, 0.29) is 0 Å². The summed E-state index contributed by atoms with van der Waals surface area (Å²) < 4.78 is 51.5. The van der Waals surface area contributed by atoms with Crippen molar-refractivity contribution in [1.29, 1.82) is 0 Å². The van der Waals surface area contributed by atoms with Crippen LogP contribution in [0.15, 0.2) is 0 Å². The number of nitrogens with one attached hydrogen (secondary N) is 1. The van der Waals surface area contributed by atoms with E-state index in [0.29, 0.717) is 65.9 Å². The molecule has 13 nitrogen and oxygen atoms in total. The monoisotopic (exact) mass is 844 g/mol. The zero-order chi connectivity index (χ0) is 43.8. The minimum Gasteiger partial charge on any atom is -0.444 e. The number of carbonyl (C=O) groups is 2. The number of nitrogens with zero attached hydrogens (tertiary/aromatic N) is 2. The largest absolute Gasteiger partial charge is 0.444 e. The van der Waals surface area contributed by atoms with E-state index in [1.54, 1.807) is 0 Å². The Morgan fingerprint density at radius 3 is 0.983 bits per heavy atom. The molecule has 0 aromatic heterocycles. The van der Waals surface area contributed by atoms with Gasteiger partial charge in [-0.2, -0.15) is 0 Å². The number of ether oxygens (including phenoxy) is 8. The summed E-state index contributed by atoms with van der Waals surface area (Å²) in [5.74, 6) is 0. The summed E-state index contributed by atoms with van der Waals surface area (Å²) in [6.07, 6.45) is 8.75. The molecular formula is C46H89N3O10. The maximum absolute atomic E-state index is 14.4. The maximum atomic E-state index is 14.4. The van der Waals surface area contributed by atoms with Crippen molar-refractivity contribution >= 4 is 12.2 Å².